The van der Waals surface area contributed by atoms with Gasteiger partial charge in [-0.2, -0.15) is 0 Å². The van der Waals surface area contributed by atoms with E-state index in [0.717, 1.165) is 18.8 Å². The van der Waals surface area contributed by atoms with E-state index in [1.54, 1.807) is 0 Å². The van der Waals surface area contributed by atoms with Crippen LogP contribution in [0.1, 0.15) is 64.2 Å². The molecule has 1 heterocycles. The SMILES string of the molecule is O=C(O)C1(CCCCCC2CCCCC2)CO1. The predicted molar refractivity (Wildman–Crippen MR) is 66.0 cm³/mol. The van der Waals surface area contributed by atoms with E-state index in [9.17, 15) is 4.79 Å². The van der Waals surface area contributed by atoms with Gasteiger partial charge in [-0.05, 0) is 18.8 Å². The first-order valence-corrected chi connectivity index (χ1v) is 7.10. The molecule has 98 valence electrons. The lowest BCUT2D eigenvalue weighted by Crippen LogP contribution is -2.23. The zero-order chi connectivity index (χ0) is 12.1. The lowest BCUT2D eigenvalue weighted by Gasteiger charge is -2.21. The number of carboxylic acids is 1. The summed E-state index contributed by atoms with van der Waals surface area (Å²) in [6, 6.07) is 0. The molecule has 3 heteroatoms. The molecule has 1 N–H and O–H groups in total. The van der Waals surface area contributed by atoms with E-state index in [1.165, 1.54) is 44.9 Å². The molecule has 0 spiro atoms. The minimum Gasteiger partial charge on any atom is -0.479 e. The van der Waals surface area contributed by atoms with Crippen molar-refractivity contribution in [3.05, 3.63) is 0 Å². The van der Waals surface area contributed by atoms with Crippen molar-refractivity contribution in [3.8, 4) is 0 Å². The summed E-state index contributed by atoms with van der Waals surface area (Å²) >= 11 is 0. The van der Waals surface area contributed by atoms with Crippen molar-refractivity contribution in [2.24, 2.45) is 5.92 Å². The monoisotopic (exact) mass is 240 g/mol. The van der Waals surface area contributed by atoms with Crippen molar-refractivity contribution in [3.63, 3.8) is 0 Å². The van der Waals surface area contributed by atoms with Crippen molar-refractivity contribution in [1.29, 1.82) is 0 Å². The summed E-state index contributed by atoms with van der Waals surface area (Å²) in [5, 5.41) is 8.94. The Balaban J connectivity index is 1.50. The molecule has 2 aliphatic rings. The van der Waals surface area contributed by atoms with Crippen LogP contribution in [-0.2, 0) is 9.53 Å². The van der Waals surface area contributed by atoms with E-state index in [0.29, 0.717) is 13.0 Å². The number of hydrogen-bond acceptors (Lipinski definition) is 2. The summed E-state index contributed by atoms with van der Waals surface area (Å²) in [5.74, 6) is 0.180. The van der Waals surface area contributed by atoms with E-state index < -0.39 is 11.6 Å². The van der Waals surface area contributed by atoms with E-state index >= 15 is 0 Å². The molecule has 3 nitrogen and oxygen atoms in total. The maximum atomic E-state index is 10.9. The fourth-order valence-corrected chi connectivity index (χ4v) is 2.96. The number of epoxide rings is 1. The van der Waals surface area contributed by atoms with Gasteiger partial charge in [0.25, 0.3) is 0 Å². The van der Waals surface area contributed by atoms with Gasteiger partial charge in [-0.3, -0.25) is 0 Å². The molecule has 2 rings (SSSR count). The van der Waals surface area contributed by atoms with E-state index in [-0.39, 0.29) is 0 Å². The summed E-state index contributed by atoms with van der Waals surface area (Å²) in [4.78, 5) is 10.9. The highest BCUT2D eigenvalue weighted by molar-refractivity contribution is 5.80. The van der Waals surface area contributed by atoms with Crippen LogP contribution in [0.4, 0.5) is 0 Å². The van der Waals surface area contributed by atoms with Crippen LogP contribution in [0.5, 0.6) is 0 Å². The highest BCUT2D eigenvalue weighted by Crippen LogP contribution is 2.34. The van der Waals surface area contributed by atoms with Gasteiger partial charge in [-0.15, -0.1) is 0 Å². The Morgan fingerprint density at radius 2 is 1.88 bits per heavy atom. The smallest absolute Gasteiger partial charge is 0.338 e. The van der Waals surface area contributed by atoms with Crippen LogP contribution in [0, 0.1) is 5.92 Å². The molecule has 0 aromatic heterocycles. The standard InChI is InChI=1S/C14H24O3/c15-13(16)14(11-17-14)10-6-2-5-9-12-7-3-1-4-8-12/h12H,1-11H2,(H,15,16). The molecule has 0 bridgehead atoms. The highest BCUT2D eigenvalue weighted by atomic mass is 16.6. The normalized spacial score (nSPS) is 29.2. The first-order chi connectivity index (χ1) is 8.23. The lowest BCUT2D eigenvalue weighted by atomic mass is 9.85. The molecule has 0 aromatic carbocycles. The second-order valence-electron chi connectivity index (χ2n) is 5.69. The molecule has 1 aliphatic heterocycles. The Bertz CT molecular complexity index is 252. The molecule has 0 aromatic rings. The fourth-order valence-electron chi connectivity index (χ4n) is 2.96. The van der Waals surface area contributed by atoms with Gasteiger partial charge in [0.15, 0.2) is 5.60 Å². The molecule has 1 unspecified atom stereocenters. The van der Waals surface area contributed by atoms with Gasteiger partial charge in [0.05, 0.1) is 6.61 Å². The summed E-state index contributed by atoms with van der Waals surface area (Å²) in [7, 11) is 0. The summed E-state index contributed by atoms with van der Waals surface area (Å²) in [6.45, 7) is 0.422. The molecule has 2 fully saturated rings. The van der Waals surface area contributed by atoms with Crippen molar-refractivity contribution < 1.29 is 14.6 Å². The summed E-state index contributed by atoms with van der Waals surface area (Å²) < 4.78 is 5.05. The van der Waals surface area contributed by atoms with Gasteiger partial charge < -0.3 is 9.84 Å². The van der Waals surface area contributed by atoms with Crippen LogP contribution in [0.3, 0.4) is 0 Å². The summed E-state index contributed by atoms with van der Waals surface area (Å²) in [6.07, 6.45) is 12.6. The third-order valence-corrected chi connectivity index (χ3v) is 4.30. The Labute approximate surface area is 104 Å². The quantitative estimate of drug-likeness (QED) is 0.548. The molecule has 0 radical (unpaired) electrons. The Hall–Kier alpha value is -0.570. The minimum atomic E-state index is -0.787. The van der Waals surface area contributed by atoms with Gasteiger partial charge >= 0.3 is 5.97 Å². The molecule has 17 heavy (non-hydrogen) atoms. The third kappa shape index (κ3) is 3.70. The van der Waals surface area contributed by atoms with Crippen LogP contribution >= 0.6 is 0 Å². The van der Waals surface area contributed by atoms with Crippen molar-refractivity contribution in [1.82, 2.24) is 0 Å². The highest BCUT2D eigenvalue weighted by Gasteiger charge is 2.51. The molecule has 1 saturated carbocycles. The van der Waals surface area contributed by atoms with Crippen molar-refractivity contribution >= 4 is 5.97 Å². The number of unbranched alkanes of at least 4 members (excludes halogenated alkanes) is 2. The van der Waals surface area contributed by atoms with Crippen molar-refractivity contribution in [2.75, 3.05) is 6.61 Å². The van der Waals surface area contributed by atoms with Crippen LogP contribution in [0.15, 0.2) is 0 Å². The lowest BCUT2D eigenvalue weighted by molar-refractivity contribution is -0.143. The molecule has 1 aliphatic carbocycles. The fraction of sp³-hybridized carbons (Fsp3) is 0.929. The van der Waals surface area contributed by atoms with Crippen LogP contribution < -0.4 is 0 Å². The Morgan fingerprint density at radius 3 is 2.47 bits per heavy atom. The summed E-state index contributed by atoms with van der Waals surface area (Å²) in [5.41, 5.74) is -0.787. The van der Waals surface area contributed by atoms with Gasteiger partial charge in [-0.1, -0.05) is 51.4 Å². The zero-order valence-corrected chi connectivity index (χ0v) is 10.6. The van der Waals surface area contributed by atoms with Crippen LogP contribution in [-0.4, -0.2) is 23.3 Å². The Morgan fingerprint density at radius 1 is 1.18 bits per heavy atom. The largest absolute Gasteiger partial charge is 0.479 e. The second-order valence-corrected chi connectivity index (χ2v) is 5.69. The van der Waals surface area contributed by atoms with Gasteiger partial charge in [0, 0.05) is 0 Å². The first kappa shape index (κ1) is 12.9. The van der Waals surface area contributed by atoms with Gasteiger partial charge in [0.1, 0.15) is 0 Å². The maximum absolute atomic E-state index is 10.9. The molecule has 0 amide bonds. The first-order valence-electron chi connectivity index (χ1n) is 7.10. The number of aliphatic carboxylic acids is 1. The van der Waals surface area contributed by atoms with E-state index in [4.69, 9.17) is 9.84 Å². The number of hydrogen-bond donors (Lipinski definition) is 1. The number of carboxylic acid groups (broad SMARTS) is 1. The topological polar surface area (TPSA) is 49.8 Å². The van der Waals surface area contributed by atoms with E-state index in [2.05, 4.69) is 0 Å². The molecule has 1 saturated heterocycles. The predicted octanol–water partition coefficient (Wildman–Crippen LogP) is 3.37. The average molecular weight is 240 g/mol. The van der Waals surface area contributed by atoms with E-state index in [1.807, 2.05) is 0 Å². The number of rotatable bonds is 7. The van der Waals surface area contributed by atoms with Gasteiger partial charge in [-0.25, -0.2) is 4.79 Å². The second kappa shape index (κ2) is 5.85. The number of ether oxygens (including phenoxy) is 1. The molecular weight excluding hydrogens is 216 g/mol. The molecule has 1 atom stereocenters. The van der Waals surface area contributed by atoms with Gasteiger partial charge in [0.2, 0.25) is 0 Å². The zero-order valence-electron chi connectivity index (χ0n) is 10.6. The minimum absolute atomic E-state index is 0.422. The Kier molecular flexibility index (Phi) is 4.43. The number of carbonyl (C=O) groups is 1. The van der Waals surface area contributed by atoms with Crippen molar-refractivity contribution in [2.45, 2.75) is 69.8 Å². The van der Waals surface area contributed by atoms with Crippen LogP contribution in [0.25, 0.3) is 0 Å². The maximum Gasteiger partial charge on any atom is 0.338 e. The third-order valence-electron chi connectivity index (χ3n) is 4.30. The van der Waals surface area contributed by atoms with Crippen LogP contribution in [0.2, 0.25) is 0 Å². The molecular formula is C14H24O3. The average Bonchev–Trinajstić information content (AvgIpc) is 3.11.